The van der Waals surface area contributed by atoms with Crippen molar-refractivity contribution in [3.63, 3.8) is 0 Å². The van der Waals surface area contributed by atoms with Crippen molar-refractivity contribution >= 4 is 11.6 Å². The average molecular weight is 394 g/mol. The lowest BCUT2D eigenvalue weighted by Crippen LogP contribution is -2.23. The zero-order valence-electron chi connectivity index (χ0n) is 16.8. The minimum Gasteiger partial charge on any atom is -0.475 e. The molecule has 1 aromatic carbocycles. The van der Waals surface area contributed by atoms with Crippen LogP contribution in [-0.4, -0.2) is 41.4 Å². The van der Waals surface area contributed by atoms with Crippen LogP contribution in [-0.2, 0) is 18.4 Å². The highest BCUT2D eigenvalue weighted by molar-refractivity contribution is 5.96. The van der Waals surface area contributed by atoms with Crippen LogP contribution in [0.15, 0.2) is 51.8 Å². The normalized spacial score (nSPS) is 12.3. The van der Waals surface area contributed by atoms with Gasteiger partial charge in [-0.2, -0.15) is 14.5 Å². The molecule has 0 aliphatic rings. The molecule has 3 aromatic rings. The van der Waals surface area contributed by atoms with Crippen LogP contribution in [0.25, 0.3) is 5.69 Å². The Morgan fingerprint density at radius 2 is 2.03 bits per heavy atom. The van der Waals surface area contributed by atoms with Gasteiger partial charge in [0.2, 0.25) is 5.90 Å². The third-order valence-electron chi connectivity index (χ3n) is 4.27. The van der Waals surface area contributed by atoms with Gasteiger partial charge in [0.05, 0.1) is 17.6 Å². The fraction of sp³-hybridized carbons (Fsp3) is 0.316. The second-order valence-corrected chi connectivity index (χ2v) is 6.28. The van der Waals surface area contributed by atoms with E-state index in [0.29, 0.717) is 29.4 Å². The lowest BCUT2D eigenvalue weighted by atomic mass is 10.1. The lowest BCUT2D eigenvalue weighted by molar-refractivity contribution is 0.282. The van der Waals surface area contributed by atoms with E-state index in [1.165, 1.54) is 9.36 Å². The molecule has 10 heteroatoms. The van der Waals surface area contributed by atoms with Gasteiger partial charge in [0, 0.05) is 31.4 Å². The maximum absolute atomic E-state index is 12.2. The first-order chi connectivity index (χ1) is 14.0. The van der Waals surface area contributed by atoms with Gasteiger partial charge in [-0.15, -0.1) is 5.10 Å². The molecule has 0 unspecified atom stereocenters. The summed E-state index contributed by atoms with van der Waals surface area (Å²) in [6.45, 7) is 5.90. The summed E-state index contributed by atoms with van der Waals surface area (Å²) >= 11 is 0. The predicted molar refractivity (Wildman–Crippen MR) is 108 cm³/mol. The van der Waals surface area contributed by atoms with Gasteiger partial charge in [-0.3, -0.25) is 9.97 Å². The van der Waals surface area contributed by atoms with Crippen molar-refractivity contribution in [3.8, 4) is 5.69 Å². The van der Waals surface area contributed by atoms with E-state index in [0.717, 1.165) is 11.1 Å². The first-order valence-corrected chi connectivity index (χ1v) is 9.09. The molecule has 0 spiro atoms. The van der Waals surface area contributed by atoms with Gasteiger partial charge < -0.3 is 4.74 Å². The Morgan fingerprint density at radius 3 is 2.69 bits per heavy atom. The Labute approximate surface area is 167 Å². The van der Waals surface area contributed by atoms with Crippen molar-refractivity contribution in [2.24, 2.45) is 17.3 Å². The summed E-state index contributed by atoms with van der Waals surface area (Å²) in [7, 11) is 1.55. The fourth-order valence-corrected chi connectivity index (χ4v) is 2.56. The number of hydrogen-bond donors (Lipinski definition) is 0. The zero-order chi connectivity index (χ0) is 20.8. The molecule has 0 saturated carbocycles. The van der Waals surface area contributed by atoms with E-state index < -0.39 is 0 Å². The second kappa shape index (κ2) is 9.00. The Kier molecular flexibility index (Phi) is 6.22. The molecule has 0 aliphatic carbocycles. The molecule has 0 atom stereocenters. The number of rotatable bonds is 6. The smallest absolute Gasteiger partial charge is 0.368 e. The van der Waals surface area contributed by atoms with Gasteiger partial charge in [-0.05, 0) is 35.9 Å². The zero-order valence-corrected chi connectivity index (χ0v) is 16.8. The van der Waals surface area contributed by atoms with Crippen LogP contribution >= 0.6 is 0 Å². The quantitative estimate of drug-likeness (QED) is 0.358. The minimum atomic E-state index is -0.328. The standard InChI is InChI=1S/C19H22N8O2/c1-5-18(23-22-14(3)16-11-20-9-10-21-16)29-12-15-13(2)7-6-8-17(15)27-19(28)26(4)24-25-27/h6-11H,5,12H2,1-4H3. The molecule has 0 bridgehead atoms. The second-order valence-electron chi connectivity index (χ2n) is 6.28. The molecular weight excluding hydrogens is 372 g/mol. The van der Waals surface area contributed by atoms with Crippen LogP contribution in [0.1, 0.15) is 37.1 Å². The van der Waals surface area contributed by atoms with E-state index in [1.54, 1.807) is 38.6 Å². The van der Waals surface area contributed by atoms with E-state index in [4.69, 9.17) is 4.74 Å². The molecule has 0 aliphatic heterocycles. The third-order valence-corrected chi connectivity index (χ3v) is 4.27. The van der Waals surface area contributed by atoms with Crippen molar-refractivity contribution in [3.05, 3.63) is 64.1 Å². The van der Waals surface area contributed by atoms with Crippen molar-refractivity contribution in [1.29, 1.82) is 0 Å². The van der Waals surface area contributed by atoms with Crippen LogP contribution in [0, 0.1) is 6.92 Å². The van der Waals surface area contributed by atoms with Crippen molar-refractivity contribution in [2.75, 3.05) is 0 Å². The topological polar surface area (TPSA) is 112 Å². The number of benzene rings is 1. The predicted octanol–water partition coefficient (Wildman–Crippen LogP) is 1.81. The van der Waals surface area contributed by atoms with Gasteiger partial charge in [0.15, 0.2) is 0 Å². The van der Waals surface area contributed by atoms with Crippen molar-refractivity contribution in [1.82, 2.24) is 29.8 Å². The first-order valence-electron chi connectivity index (χ1n) is 9.09. The first kappa shape index (κ1) is 20.1. The molecule has 10 nitrogen and oxygen atoms in total. The van der Waals surface area contributed by atoms with Crippen molar-refractivity contribution < 1.29 is 4.74 Å². The molecule has 0 fully saturated rings. The van der Waals surface area contributed by atoms with E-state index >= 15 is 0 Å². The van der Waals surface area contributed by atoms with Crippen LogP contribution in [0.3, 0.4) is 0 Å². The lowest BCUT2D eigenvalue weighted by Gasteiger charge is -2.13. The highest BCUT2D eigenvalue weighted by atomic mass is 16.5. The number of nitrogens with zero attached hydrogens (tertiary/aromatic N) is 8. The Bertz CT molecular complexity index is 1100. The summed E-state index contributed by atoms with van der Waals surface area (Å²) in [4.78, 5) is 20.5. The summed E-state index contributed by atoms with van der Waals surface area (Å²) in [5.41, 5.74) is 3.37. The SMILES string of the molecule is CCC(=NN=C(C)c1cnccn1)OCc1c(C)cccc1-n1nnn(C)c1=O. The van der Waals surface area contributed by atoms with Gasteiger partial charge in [0.1, 0.15) is 12.3 Å². The average Bonchev–Trinajstić information content (AvgIpc) is 3.07. The fourth-order valence-electron chi connectivity index (χ4n) is 2.56. The van der Waals surface area contributed by atoms with E-state index in [9.17, 15) is 4.79 Å². The third kappa shape index (κ3) is 4.60. The monoisotopic (exact) mass is 394 g/mol. The molecule has 150 valence electrons. The van der Waals surface area contributed by atoms with Crippen LogP contribution in [0.4, 0.5) is 0 Å². The van der Waals surface area contributed by atoms with Gasteiger partial charge >= 0.3 is 5.69 Å². The molecule has 0 radical (unpaired) electrons. The number of aromatic nitrogens is 6. The molecule has 2 heterocycles. The maximum atomic E-state index is 12.2. The molecule has 2 aromatic heterocycles. The molecule has 0 N–H and O–H groups in total. The van der Waals surface area contributed by atoms with E-state index in [1.807, 2.05) is 26.0 Å². The molecule has 3 rings (SSSR count). The van der Waals surface area contributed by atoms with E-state index in [-0.39, 0.29) is 12.3 Å². The summed E-state index contributed by atoms with van der Waals surface area (Å²) in [5, 5.41) is 16.1. The molecule has 0 amide bonds. The Hall–Kier alpha value is -3.69. The summed E-state index contributed by atoms with van der Waals surface area (Å²) in [6, 6.07) is 5.61. The minimum absolute atomic E-state index is 0.220. The molecule has 29 heavy (non-hydrogen) atoms. The van der Waals surface area contributed by atoms with Gasteiger partial charge in [-0.25, -0.2) is 4.79 Å². The number of ether oxygens (including phenoxy) is 1. The van der Waals surface area contributed by atoms with Crippen molar-refractivity contribution in [2.45, 2.75) is 33.8 Å². The Balaban J connectivity index is 1.83. The molecule has 0 saturated heterocycles. The van der Waals surface area contributed by atoms with Crippen LogP contribution in [0.2, 0.25) is 0 Å². The van der Waals surface area contributed by atoms with Crippen LogP contribution in [0.5, 0.6) is 0 Å². The molecular formula is C19H22N8O2. The number of tetrazole rings is 1. The summed E-state index contributed by atoms with van der Waals surface area (Å²) in [6.07, 6.45) is 5.38. The highest BCUT2D eigenvalue weighted by Gasteiger charge is 2.14. The highest BCUT2D eigenvalue weighted by Crippen LogP contribution is 2.18. The number of hydrogen-bond acceptors (Lipinski definition) is 8. The van der Waals surface area contributed by atoms with E-state index in [2.05, 4.69) is 30.6 Å². The van der Waals surface area contributed by atoms with Crippen LogP contribution < -0.4 is 5.69 Å². The number of aryl methyl sites for hydroxylation is 2. The van der Waals surface area contributed by atoms with Gasteiger partial charge in [-0.1, -0.05) is 19.1 Å². The maximum Gasteiger partial charge on any atom is 0.368 e. The van der Waals surface area contributed by atoms with Gasteiger partial charge in [0.25, 0.3) is 0 Å². The summed E-state index contributed by atoms with van der Waals surface area (Å²) in [5.74, 6) is 0.467. The largest absolute Gasteiger partial charge is 0.475 e. The summed E-state index contributed by atoms with van der Waals surface area (Å²) < 4.78 is 8.32. The Morgan fingerprint density at radius 1 is 1.21 bits per heavy atom.